The molecule has 5 heterocycles. The van der Waals surface area contributed by atoms with Crippen LogP contribution in [-0.4, -0.2) is 47.4 Å². The number of nitrogens with zero attached hydrogens (tertiary/aromatic N) is 2. The molecule has 2 aromatic carbocycles. The molecule has 3 aromatic rings. The average molecular weight is 508 g/mol. The molecule has 0 aliphatic carbocycles. The lowest BCUT2D eigenvalue weighted by molar-refractivity contribution is -0.110. The molecule has 0 spiro atoms. The number of amides is 2. The third kappa shape index (κ3) is 4.70. The number of pyridine rings is 1. The van der Waals surface area contributed by atoms with Gasteiger partial charge in [-0.15, -0.1) is 0 Å². The summed E-state index contributed by atoms with van der Waals surface area (Å²) < 4.78 is 0. The summed E-state index contributed by atoms with van der Waals surface area (Å²) in [5, 5.41) is 9.94. The van der Waals surface area contributed by atoms with Crippen molar-refractivity contribution >= 4 is 28.8 Å². The predicted octanol–water partition coefficient (Wildman–Crippen LogP) is 4.47. The van der Waals surface area contributed by atoms with Gasteiger partial charge in [-0.05, 0) is 68.1 Å². The fourth-order valence-corrected chi connectivity index (χ4v) is 6.04. The highest BCUT2D eigenvalue weighted by molar-refractivity contribution is 6.36. The molecule has 7 rings (SSSR count). The third-order valence-electron chi connectivity index (χ3n) is 8.15. The van der Waals surface area contributed by atoms with Crippen LogP contribution in [0.2, 0.25) is 0 Å². The topological polar surface area (TPSA) is 86.4 Å². The summed E-state index contributed by atoms with van der Waals surface area (Å²) in [6.07, 6.45) is 6.66. The first-order chi connectivity index (χ1) is 18.6. The lowest BCUT2D eigenvalue weighted by Gasteiger charge is -2.45. The van der Waals surface area contributed by atoms with E-state index in [1.165, 1.54) is 12.8 Å². The van der Waals surface area contributed by atoms with Crippen LogP contribution >= 0.6 is 0 Å². The van der Waals surface area contributed by atoms with Gasteiger partial charge in [-0.2, -0.15) is 0 Å². The van der Waals surface area contributed by atoms with Crippen molar-refractivity contribution in [3.05, 3.63) is 95.3 Å². The first-order valence-corrected chi connectivity index (χ1v) is 13.6. The normalized spacial score (nSPS) is 23.8. The summed E-state index contributed by atoms with van der Waals surface area (Å²) >= 11 is 0. The zero-order valence-corrected chi connectivity index (χ0v) is 21.6. The number of hydrogen-bond acceptors (Lipinski definition) is 5. The van der Waals surface area contributed by atoms with E-state index in [9.17, 15) is 9.59 Å². The minimum atomic E-state index is -0.158. The molecule has 194 valence electrons. The minimum Gasteiger partial charge on any atom is -0.380 e. The van der Waals surface area contributed by atoms with Gasteiger partial charge in [0.05, 0.1) is 17.3 Å². The van der Waals surface area contributed by atoms with Gasteiger partial charge in [-0.3, -0.25) is 14.6 Å². The zero-order valence-electron chi connectivity index (χ0n) is 21.6. The molecule has 3 saturated heterocycles. The van der Waals surface area contributed by atoms with Gasteiger partial charge >= 0.3 is 0 Å². The van der Waals surface area contributed by atoms with Crippen LogP contribution in [0.5, 0.6) is 0 Å². The van der Waals surface area contributed by atoms with Crippen LogP contribution in [0.25, 0.3) is 11.3 Å². The number of anilines is 1. The van der Waals surface area contributed by atoms with E-state index in [-0.39, 0.29) is 17.9 Å². The maximum Gasteiger partial charge on any atom is 0.258 e. The van der Waals surface area contributed by atoms with Crippen molar-refractivity contribution in [3.63, 3.8) is 0 Å². The summed E-state index contributed by atoms with van der Waals surface area (Å²) in [7, 11) is 0. The SMILES string of the molecule is CC[C@@H](NC(=O)c1ccc2c(c1)NC(=O)/C2=C(\N[C@H]1CN2CCC1CC2)c1ccncc1)c1ccccc1. The highest BCUT2D eigenvalue weighted by Gasteiger charge is 2.36. The standard InChI is InChI=1S/C31H33N5O2/c1-2-25(20-6-4-3-5-7-20)34-30(37)23-8-9-24-26(18-23)35-31(38)28(24)29(22-10-14-32-15-11-22)33-27-19-36-16-12-21(27)13-17-36/h3-11,14-15,18,21,25,27,33H,2,12-13,16-17,19H2,1H3,(H,34,37)(H,35,38)/b29-28-/t25-,27+/m1/s1. The Hall–Kier alpha value is -3.97. The molecular weight excluding hydrogens is 474 g/mol. The predicted molar refractivity (Wildman–Crippen MR) is 149 cm³/mol. The molecule has 0 radical (unpaired) electrons. The third-order valence-corrected chi connectivity index (χ3v) is 8.15. The van der Waals surface area contributed by atoms with Crippen LogP contribution < -0.4 is 16.0 Å². The molecule has 38 heavy (non-hydrogen) atoms. The average Bonchev–Trinajstić information content (AvgIpc) is 3.30. The Balaban J connectivity index is 1.32. The highest BCUT2D eigenvalue weighted by Crippen LogP contribution is 2.38. The van der Waals surface area contributed by atoms with Crippen molar-refractivity contribution in [2.24, 2.45) is 5.92 Å². The number of benzene rings is 2. The first-order valence-electron chi connectivity index (χ1n) is 13.6. The van der Waals surface area contributed by atoms with Gasteiger partial charge in [0.15, 0.2) is 0 Å². The Morgan fingerprint density at radius 1 is 1.05 bits per heavy atom. The molecule has 1 aromatic heterocycles. The van der Waals surface area contributed by atoms with Crippen LogP contribution in [0.15, 0.2) is 73.1 Å². The Labute approximate surface area is 223 Å². The Morgan fingerprint density at radius 2 is 1.82 bits per heavy atom. The molecule has 4 aliphatic heterocycles. The summed E-state index contributed by atoms with van der Waals surface area (Å²) in [6, 6.07) is 19.6. The lowest BCUT2D eigenvalue weighted by Crippen LogP contribution is -2.55. The van der Waals surface area contributed by atoms with Gasteiger partial charge in [0.2, 0.25) is 0 Å². The zero-order chi connectivity index (χ0) is 26.1. The van der Waals surface area contributed by atoms with Gasteiger partial charge in [0.1, 0.15) is 0 Å². The largest absolute Gasteiger partial charge is 0.380 e. The van der Waals surface area contributed by atoms with Crippen molar-refractivity contribution in [2.45, 2.75) is 38.3 Å². The van der Waals surface area contributed by atoms with Gasteiger partial charge in [0.25, 0.3) is 11.8 Å². The second kappa shape index (κ2) is 10.4. The van der Waals surface area contributed by atoms with E-state index in [4.69, 9.17) is 0 Å². The molecule has 2 bridgehead atoms. The molecule has 3 N–H and O–H groups in total. The van der Waals surface area contributed by atoms with Crippen molar-refractivity contribution in [1.29, 1.82) is 0 Å². The van der Waals surface area contributed by atoms with E-state index < -0.39 is 0 Å². The van der Waals surface area contributed by atoms with E-state index in [0.29, 0.717) is 28.8 Å². The number of fused-ring (bicyclic) bond motifs is 4. The molecule has 7 nitrogen and oxygen atoms in total. The highest BCUT2D eigenvalue weighted by atomic mass is 16.2. The number of carbonyl (C=O) groups is 2. The quantitative estimate of drug-likeness (QED) is 0.411. The first kappa shape index (κ1) is 24.4. The summed E-state index contributed by atoms with van der Waals surface area (Å²) in [4.78, 5) is 33.3. The molecule has 0 saturated carbocycles. The molecular formula is C31H33N5O2. The Kier molecular flexibility index (Phi) is 6.68. The second-order valence-electron chi connectivity index (χ2n) is 10.4. The summed E-state index contributed by atoms with van der Waals surface area (Å²) in [5.74, 6) is 0.285. The molecule has 0 unspecified atom stereocenters. The summed E-state index contributed by atoms with van der Waals surface area (Å²) in [5.41, 5.74) is 5.44. The van der Waals surface area contributed by atoms with Gasteiger partial charge < -0.3 is 20.9 Å². The number of rotatable bonds is 7. The number of hydrogen-bond donors (Lipinski definition) is 3. The molecule has 2 amide bonds. The molecule has 3 fully saturated rings. The lowest BCUT2D eigenvalue weighted by atomic mass is 9.83. The van der Waals surface area contributed by atoms with Gasteiger partial charge in [-0.25, -0.2) is 0 Å². The van der Waals surface area contributed by atoms with E-state index in [2.05, 4.69) is 32.8 Å². The van der Waals surface area contributed by atoms with E-state index in [1.807, 2.05) is 54.6 Å². The number of piperidine rings is 3. The van der Waals surface area contributed by atoms with Crippen LogP contribution in [0.1, 0.15) is 59.3 Å². The van der Waals surface area contributed by atoms with Crippen molar-refractivity contribution < 1.29 is 9.59 Å². The van der Waals surface area contributed by atoms with E-state index in [0.717, 1.165) is 48.4 Å². The van der Waals surface area contributed by atoms with Gasteiger partial charge in [0, 0.05) is 47.4 Å². The van der Waals surface area contributed by atoms with Crippen LogP contribution in [0.4, 0.5) is 5.69 Å². The molecule has 4 aliphatic rings. The van der Waals surface area contributed by atoms with E-state index in [1.54, 1.807) is 18.5 Å². The number of nitrogens with one attached hydrogen (secondary N) is 3. The van der Waals surface area contributed by atoms with Crippen LogP contribution in [-0.2, 0) is 4.79 Å². The van der Waals surface area contributed by atoms with Crippen LogP contribution in [0.3, 0.4) is 0 Å². The second-order valence-corrected chi connectivity index (χ2v) is 10.4. The van der Waals surface area contributed by atoms with Crippen molar-refractivity contribution in [2.75, 3.05) is 25.0 Å². The van der Waals surface area contributed by atoms with Crippen LogP contribution in [0, 0.1) is 5.92 Å². The fourth-order valence-electron chi connectivity index (χ4n) is 6.04. The number of aromatic nitrogens is 1. The Bertz CT molecular complexity index is 1360. The molecule has 2 atom stereocenters. The smallest absolute Gasteiger partial charge is 0.258 e. The van der Waals surface area contributed by atoms with Gasteiger partial charge in [-0.1, -0.05) is 43.3 Å². The maximum atomic E-state index is 13.4. The molecule has 7 heteroatoms. The van der Waals surface area contributed by atoms with Crippen molar-refractivity contribution in [3.8, 4) is 0 Å². The minimum absolute atomic E-state index is 0.0777. The Morgan fingerprint density at radius 3 is 2.50 bits per heavy atom. The fraction of sp³-hybridized carbons (Fsp3) is 0.323. The monoisotopic (exact) mass is 507 g/mol. The number of carbonyl (C=O) groups excluding carboxylic acids is 2. The van der Waals surface area contributed by atoms with E-state index >= 15 is 0 Å². The summed E-state index contributed by atoms with van der Waals surface area (Å²) in [6.45, 7) is 5.35. The maximum absolute atomic E-state index is 13.4. The van der Waals surface area contributed by atoms with Crippen molar-refractivity contribution in [1.82, 2.24) is 20.5 Å².